The Balaban J connectivity index is 0. The molecular weight excluding hydrogens is 358 g/mol. The van der Waals surface area contributed by atoms with Crippen LogP contribution in [0.3, 0.4) is 0 Å². The minimum Gasteiger partial charge on any atom is -0.480 e. The third-order valence-corrected chi connectivity index (χ3v) is 2.51. The minimum absolute atomic E-state index is 0. The fourth-order valence-electron chi connectivity index (χ4n) is 1.40. The third kappa shape index (κ3) is 13.3. The first-order valence-corrected chi connectivity index (χ1v) is 6.44. The van der Waals surface area contributed by atoms with Crippen molar-refractivity contribution in [3.8, 4) is 0 Å². The molecule has 0 saturated carbocycles. The second kappa shape index (κ2) is 13.1. The molecule has 0 amide bonds. The molecule has 0 aliphatic rings. The Morgan fingerprint density at radius 2 is 1.79 bits per heavy atom. The molecule has 0 aromatic heterocycles. The molecule has 0 saturated heterocycles. The van der Waals surface area contributed by atoms with Gasteiger partial charge in [0.2, 0.25) is 0 Å². The number of hydrogen-bond acceptors (Lipinski definition) is 10. The molecule has 14 heteroatoms. The number of carbonyl (C=O) groups is 2. The number of rotatable bonds is 13. The summed E-state index contributed by atoms with van der Waals surface area (Å²) in [5.74, 6) is -1.90. The maximum atomic E-state index is 11.3. The summed E-state index contributed by atoms with van der Waals surface area (Å²) in [4.78, 5) is 50.1. The van der Waals surface area contributed by atoms with Crippen molar-refractivity contribution in [1.82, 2.24) is 0 Å². The highest BCUT2D eigenvalue weighted by molar-refractivity contribution is 5.85. The predicted octanol–water partition coefficient (Wildman–Crippen LogP) is -0.291. The lowest BCUT2D eigenvalue weighted by molar-refractivity contribution is -0.790. The van der Waals surface area contributed by atoms with E-state index >= 15 is 0 Å². The van der Waals surface area contributed by atoms with Gasteiger partial charge in [-0.1, -0.05) is 0 Å². The van der Waals surface area contributed by atoms with E-state index in [2.05, 4.69) is 9.68 Å². The largest absolute Gasteiger partial charge is 0.480 e. The smallest absolute Gasteiger partial charge is 0.320 e. The van der Waals surface area contributed by atoms with Crippen molar-refractivity contribution in [2.24, 2.45) is 5.73 Å². The second-order valence-electron chi connectivity index (χ2n) is 4.32. The summed E-state index contributed by atoms with van der Waals surface area (Å²) >= 11 is 0. The lowest BCUT2D eigenvalue weighted by Crippen LogP contribution is -2.30. The van der Waals surface area contributed by atoms with E-state index in [1.807, 2.05) is 0 Å². The van der Waals surface area contributed by atoms with Gasteiger partial charge in [0, 0.05) is 6.42 Å². The van der Waals surface area contributed by atoms with Crippen LogP contribution in [0.1, 0.15) is 25.7 Å². The van der Waals surface area contributed by atoms with Crippen LogP contribution in [-0.2, 0) is 24.0 Å². The lowest BCUT2D eigenvalue weighted by Gasteiger charge is -2.13. The van der Waals surface area contributed by atoms with Crippen LogP contribution in [0, 0.1) is 20.2 Å². The van der Waals surface area contributed by atoms with Gasteiger partial charge in [-0.3, -0.25) is 9.59 Å². The third-order valence-electron chi connectivity index (χ3n) is 2.51. The fraction of sp³-hybridized carbons (Fsp3) is 0.800. The number of aliphatic carboxylic acids is 1. The summed E-state index contributed by atoms with van der Waals surface area (Å²) in [5, 5.41) is 26.5. The molecule has 2 atom stereocenters. The summed E-state index contributed by atoms with van der Waals surface area (Å²) in [6.07, 6.45) is -1.33. The fourth-order valence-corrected chi connectivity index (χ4v) is 1.40. The van der Waals surface area contributed by atoms with Gasteiger partial charge in [0.15, 0.2) is 0 Å². The van der Waals surface area contributed by atoms with Crippen molar-refractivity contribution in [3.63, 3.8) is 0 Å². The average molecular weight is 376 g/mol. The van der Waals surface area contributed by atoms with Crippen molar-refractivity contribution >= 4 is 24.3 Å². The lowest BCUT2D eigenvalue weighted by atomic mass is 10.2. The second-order valence-corrected chi connectivity index (χ2v) is 4.32. The van der Waals surface area contributed by atoms with Gasteiger partial charge in [0.25, 0.3) is 10.2 Å². The summed E-state index contributed by atoms with van der Waals surface area (Å²) < 4.78 is 4.77. The Hall–Kier alpha value is -2.41. The Kier molecular flexibility index (Phi) is 13.0. The van der Waals surface area contributed by atoms with Gasteiger partial charge in [-0.2, -0.15) is 0 Å². The normalized spacial score (nSPS) is 12.2. The highest BCUT2D eigenvalue weighted by atomic mass is 35.5. The maximum Gasteiger partial charge on any atom is 0.320 e. The van der Waals surface area contributed by atoms with Crippen LogP contribution >= 0.6 is 12.4 Å². The molecule has 0 bridgehead atoms. The topological polar surface area (TPSA) is 194 Å². The predicted molar refractivity (Wildman–Crippen MR) is 77.1 cm³/mol. The van der Waals surface area contributed by atoms with Crippen LogP contribution in [0.5, 0.6) is 0 Å². The first kappa shape index (κ1) is 23.9. The van der Waals surface area contributed by atoms with E-state index in [0.29, 0.717) is 0 Å². The highest BCUT2D eigenvalue weighted by Gasteiger charge is 2.17. The number of nitrogens with two attached hydrogens (primary N) is 1. The summed E-state index contributed by atoms with van der Waals surface area (Å²) in [7, 11) is 0. The van der Waals surface area contributed by atoms with E-state index in [-0.39, 0.29) is 44.7 Å². The zero-order chi connectivity index (χ0) is 17.8. The van der Waals surface area contributed by atoms with Gasteiger partial charge in [-0.15, -0.1) is 32.6 Å². The molecule has 1 unspecified atom stereocenters. The van der Waals surface area contributed by atoms with Gasteiger partial charge in [-0.25, -0.2) is 0 Å². The van der Waals surface area contributed by atoms with Crippen molar-refractivity contribution in [2.45, 2.75) is 37.8 Å². The molecule has 0 rings (SSSR count). The van der Waals surface area contributed by atoms with Gasteiger partial charge < -0.3 is 25.3 Å². The SMILES string of the molecule is Cl.N[C@@H](CCC(=O)OCCCC(CO[N+](=O)[O-])O[N+](=O)[O-])C(=O)O. The Morgan fingerprint density at radius 1 is 1.17 bits per heavy atom. The number of carboxylic acid groups (broad SMARTS) is 1. The molecule has 140 valence electrons. The van der Waals surface area contributed by atoms with Crippen LogP contribution in [0.4, 0.5) is 0 Å². The van der Waals surface area contributed by atoms with Gasteiger partial charge in [0.1, 0.15) is 18.8 Å². The number of esters is 1. The zero-order valence-electron chi connectivity index (χ0n) is 12.4. The molecule has 13 nitrogen and oxygen atoms in total. The Labute approximate surface area is 141 Å². The molecule has 0 aliphatic heterocycles. The van der Waals surface area contributed by atoms with E-state index in [9.17, 15) is 29.8 Å². The molecule has 0 aromatic carbocycles. The Bertz CT molecular complexity index is 435. The van der Waals surface area contributed by atoms with Crippen LogP contribution in [-0.4, -0.2) is 52.6 Å². The van der Waals surface area contributed by atoms with E-state index in [1.165, 1.54) is 0 Å². The van der Waals surface area contributed by atoms with Crippen molar-refractivity contribution in [1.29, 1.82) is 0 Å². The van der Waals surface area contributed by atoms with Crippen LogP contribution in [0.2, 0.25) is 0 Å². The zero-order valence-corrected chi connectivity index (χ0v) is 13.2. The highest BCUT2D eigenvalue weighted by Crippen LogP contribution is 2.05. The molecule has 0 spiro atoms. The molecule has 0 radical (unpaired) electrons. The van der Waals surface area contributed by atoms with Crippen molar-refractivity contribution < 1.29 is 39.3 Å². The number of carboxylic acids is 1. The number of hydrogen-bond donors (Lipinski definition) is 2. The number of halogens is 1. The summed E-state index contributed by atoms with van der Waals surface area (Å²) in [5.41, 5.74) is 5.21. The quantitative estimate of drug-likeness (QED) is 0.186. The molecule has 0 heterocycles. The van der Waals surface area contributed by atoms with Crippen molar-refractivity contribution in [2.75, 3.05) is 13.2 Å². The van der Waals surface area contributed by atoms with Gasteiger partial charge in [0.05, 0.1) is 6.61 Å². The summed E-state index contributed by atoms with van der Waals surface area (Å²) in [6.45, 7) is -0.743. The minimum atomic E-state index is -1.23. The molecule has 0 fully saturated rings. The van der Waals surface area contributed by atoms with Crippen LogP contribution in [0.25, 0.3) is 0 Å². The van der Waals surface area contributed by atoms with Crippen LogP contribution < -0.4 is 5.73 Å². The van der Waals surface area contributed by atoms with E-state index in [1.54, 1.807) is 0 Å². The Morgan fingerprint density at radius 3 is 2.29 bits per heavy atom. The number of ether oxygens (including phenoxy) is 1. The molecule has 0 aliphatic carbocycles. The number of nitrogens with zero attached hydrogens (tertiary/aromatic N) is 2. The van der Waals surface area contributed by atoms with E-state index in [4.69, 9.17) is 15.6 Å². The summed E-state index contributed by atoms with van der Waals surface area (Å²) in [6, 6.07) is -1.17. The van der Waals surface area contributed by atoms with E-state index in [0.717, 1.165) is 0 Å². The molecular formula is C10H18ClN3O10. The van der Waals surface area contributed by atoms with E-state index < -0.39 is 40.9 Å². The first-order chi connectivity index (χ1) is 10.7. The molecule has 3 N–H and O–H groups in total. The first-order valence-electron chi connectivity index (χ1n) is 6.44. The number of carbonyl (C=O) groups excluding carboxylic acids is 1. The average Bonchev–Trinajstić information content (AvgIpc) is 2.45. The standard InChI is InChI=1S/C10H17N3O10.ClH/c11-8(10(15)16)3-4-9(14)21-5-1-2-7(23-13(19)20)6-22-12(17)18;/h7-8H,1-6,11H2,(H,15,16);1H/t7?,8-;/m0./s1. The van der Waals surface area contributed by atoms with Gasteiger partial charge >= 0.3 is 11.9 Å². The van der Waals surface area contributed by atoms with Crippen molar-refractivity contribution in [3.05, 3.63) is 20.2 Å². The molecule has 0 aromatic rings. The molecule has 24 heavy (non-hydrogen) atoms. The monoisotopic (exact) mass is 375 g/mol. The van der Waals surface area contributed by atoms with Gasteiger partial charge in [-0.05, 0) is 19.3 Å². The maximum absolute atomic E-state index is 11.3. The van der Waals surface area contributed by atoms with Crippen LogP contribution in [0.15, 0.2) is 0 Å².